The molecule has 1 unspecified atom stereocenters. The van der Waals surface area contributed by atoms with Crippen molar-refractivity contribution in [3.8, 4) is 11.8 Å². The second kappa shape index (κ2) is 6.50. The Balaban J connectivity index is 1.80. The Morgan fingerprint density at radius 3 is 2.54 bits per heavy atom. The molecule has 0 radical (unpaired) electrons. The second-order valence-electron chi connectivity index (χ2n) is 6.51. The third-order valence-electron chi connectivity index (χ3n) is 4.54. The minimum Gasteiger partial charge on any atom is -0.480 e. The van der Waals surface area contributed by atoms with Crippen LogP contribution in [0.3, 0.4) is 0 Å². The monoisotopic (exact) mass is 398 g/mol. The molecule has 1 aliphatic carbocycles. The van der Waals surface area contributed by atoms with Crippen molar-refractivity contribution >= 4 is 11.0 Å². The summed E-state index contributed by atoms with van der Waals surface area (Å²) in [5.74, 6) is -0.277. The normalized spacial score (nSPS) is 15.7. The summed E-state index contributed by atoms with van der Waals surface area (Å²) in [5, 5.41) is 13.7. The number of benzene rings is 1. The summed E-state index contributed by atoms with van der Waals surface area (Å²) in [6.45, 7) is -1.01. The molecule has 1 aliphatic rings. The molecule has 4 rings (SSSR count). The van der Waals surface area contributed by atoms with Crippen LogP contribution in [0.2, 0.25) is 0 Å². The first-order valence-electron chi connectivity index (χ1n) is 8.39. The van der Waals surface area contributed by atoms with Gasteiger partial charge in [0.15, 0.2) is 5.65 Å². The summed E-state index contributed by atoms with van der Waals surface area (Å²) < 4.78 is 55.7. The van der Waals surface area contributed by atoms with E-state index in [1.807, 2.05) is 0 Å². The highest BCUT2D eigenvalue weighted by Crippen LogP contribution is 2.44. The van der Waals surface area contributed by atoms with Crippen molar-refractivity contribution in [3.05, 3.63) is 45.9 Å². The van der Waals surface area contributed by atoms with E-state index in [1.54, 1.807) is 0 Å². The van der Waals surface area contributed by atoms with Gasteiger partial charge in [-0.1, -0.05) is 12.1 Å². The molecule has 28 heavy (non-hydrogen) atoms. The average Bonchev–Trinajstić information content (AvgIpc) is 3.37. The van der Waals surface area contributed by atoms with Crippen molar-refractivity contribution in [2.75, 3.05) is 0 Å². The van der Waals surface area contributed by atoms with Crippen LogP contribution in [-0.4, -0.2) is 31.2 Å². The Morgan fingerprint density at radius 2 is 1.96 bits per heavy atom. The van der Waals surface area contributed by atoms with Gasteiger partial charge in [-0.2, -0.15) is 10.1 Å². The van der Waals surface area contributed by atoms with Crippen LogP contribution in [0, 0.1) is 5.92 Å². The van der Waals surface area contributed by atoms with Crippen LogP contribution < -0.4 is 10.3 Å². The Bertz CT molecular complexity index is 1070. The maximum Gasteiger partial charge on any atom is 0.573 e. The van der Waals surface area contributed by atoms with E-state index in [0.717, 1.165) is 12.8 Å². The number of aromatic hydroxyl groups is 1. The molecule has 1 aromatic carbocycles. The molecule has 0 bridgehead atoms. The van der Waals surface area contributed by atoms with E-state index in [9.17, 15) is 27.5 Å². The fraction of sp³-hybridized carbons (Fsp3) is 0.353. The van der Waals surface area contributed by atoms with Crippen molar-refractivity contribution in [1.29, 1.82) is 0 Å². The van der Waals surface area contributed by atoms with Gasteiger partial charge in [-0.25, -0.2) is 9.07 Å². The standard InChI is InChI=1S/C17H14F4N4O3/c18-7-11-12-14(22-16(27)23-15(12)26)25(24-11)13(8-1-2-8)9-3-5-10(6-4-9)28-17(19,20)21/h3-6,8,13H,1-2,7H2,(H2,22,23,26,27). The fourth-order valence-electron chi connectivity index (χ4n) is 3.28. The van der Waals surface area contributed by atoms with Crippen LogP contribution in [0.15, 0.2) is 29.1 Å². The molecule has 1 fully saturated rings. The summed E-state index contributed by atoms with van der Waals surface area (Å²) in [6, 6.07) is 4.17. The molecule has 7 nitrogen and oxygen atoms in total. The Hall–Kier alpha value is -3.11. The molecule has 0 saturated heterocycles. The number of fused-ring (bicyclic) bond motifs is 1. The average molecular weight is 398 g/mol. The Labute approximate surface area is 154 Å². The third-order valence-corrected chi connectivity index (χ3v) is 4.54. The molecule has 0 amide bonds. The van der Waals surface area contributed by atoms with Crippen molar-refractivity contribution in [2.24, 2.45) is 5.92 Å². The lowest BCUT2D eigenvalue weighted by Gasteiger charge is -2.19. The summed E-state index contributed by atoms with van der Waals surface area (Å²) in [5.41, 5.74) is -0.217. The van der Waals surface area contributed by atoms with Gasteiger partial charge < -0.3 is 9.84 Å². The molecule has 0 spiro atoms. The smallest absolute Gasteiger partial charge is 0.480 e. The van der Waals surface area contributed by atoms with E-state index in [0.29, 0.717) is 5.56 Å². The lowest BCUT2D eigenvalue weighted by molar-refractivity contribution is -0.274. The van der Waals surface area contributed by atoms with Crippen LogP contribution in [0.4, 0.5) is 17.6 Å². The summed E-state index contributed by atoms with van der Waals surface area (Å²) in [4.78, 5) is 18.1. The predicted octanol–water partition coefficient (Wildman–Crippen LogP) is 3.19. The van der Waals surface area contributed by atoms with Crippen molar-refractivity contribution in [1.82, 2.24) is 19.7 Å². The molecule has 2 aromatic heterocycles. The topological polar surface area (TPSA) is 93.0 Å². The van der Waals surface area contributed by atoms with E-state index in [1.165, 1.54) is 28.9 Å². The predicted molar refractivity (Wildman–Crippen MR) is 88.6 cm³/mol. The van der Waals surface area contributed by atoms with Crippen molar-refractivity contribution < 1.29 is 27.4 Å². The fourth-order valence-corrected chi connectivity index (χ4v) is 3.28. The van der Waals surface area contributed by atoms with Gasteiger partial charge in [-0.15, -0.1) is 13.2 Å². The lowest BCUT2D eigenvalue weighted by atomic mass is 10.0. The number of hydrogen-bond acceptors (Lipinski definition) is 5. The minimum atomic E-state index is -4.80. The first-order valence-corrected chi connectivity index (χ1v) is 8.39. The highest BCUT2D eigenvalue weighted by atomic mass is 19.4. The third kappa shape index (κ3) is 3.39. The molecule has 11 heteroatoms. The van der Waals surface area contributed by atoms with Crippen LogP contribution in [0.25, 0.3) is 11.0 Å². The molecule has 1 atom stereocenters. The van der Waals surface area contributed by atoms with Gasteiger partial charge in [0.05, 0.1) is 6.04 Å². The molecule has 3 aromatic rings. The van der Waals surface area contributed by atoms with Gasteiger partial charge >= 0.3 is 6.36 Å². The van der Waals surface area contributed by atoms with Crippen LogP contribution in [0.5, 0.6) is 11.8 Å². The van der Waals surface area contributed by atoms with Gasteiger partial charge in [0.1, 0.15) is 23.5 Å². The van der Waals surface area contributed by atoms with Crippen LogP contribution >= 0.6 is 0 Å². The first-order chi connectivity index (χ1) is 13.3. The van der Waals surface area contributed by atoms with Gasteiger partial charge in [-0.3, -0.25) is 9.78 Å². The number of nitrogens with one attached hydrogen (secondary N) is 1. The maximum atomic E-state index is 13.4. The number of hydrogen-bond donors (Lipinski definition) is 2. The molecule has 1 saturated carbocycles. The Kier molecular flexibility index (Phi) is 4.24. The van der Waals surface area contributed by atoms with E-state index < -0.39 is 30.6 Å². The first kappa shape index (κ1) is 18.3. The largest absolute Gasteiger partial charge is 0.573 e. The highest BCUT2D eigenvalue weighted by Gasteiger charge is 2.37. The molecule has 148 valence electrons. The van der Waals surface area contributed by atoms with E-state index >= 15 is 0 Å². The van der Waals surface area contributed by atoms with Crippen molar-refractivity contribution in [2.45, 2.75) is 31.9 Å². The zero-order chi connectivity index (χ0) is 20.1. The van der Waals surface area contributed by atoms with Crippen molar-refractivity contribution in [3.63, 3.8) is 0 Å². The number of ether oxygens (including phenoxy) is 1. The molecule has 2 heterocycles. The number of H-pyrrole nitrogens is 1. The number of halogens is 4. The zero-order valence-corrected chi connectivity index (χ0v) is 14.2. The van der Waals surface area contributed by atoms with Crippen LogP contribution in [0.1, 0.15) is 30.1 Å². The highest BCUT2D eigenvalue weighted by molar-refractivity contribution is 5.77. The van der Waals surface area contributed by atoms with Crippen LogP contribution in [-0.2, 0) is 6.67 Å². The van der Waals surface area contributed by atoms with Gasteiger partial charge in [-0.05, 0) is 36.5 Å². The lowest BCUT2D eigenvalue weighted by Crippen LogP contribution is -2.18. The summed E-state index contributed by atoms with van der Waals surface area (Å²) >= 11 is 0. The van der Waals surface area contributed by atoms with E-state index in [-0.39, 0.29) is 28.4 Å². The number of nitrogens with zero attached hydrogens (tertiary/aromatic N) is 3. The number of alkyl halides is 4. The maximum absolute atomic E-state index is 13.4. The van der Waals surface area contributed by atoms with E-state index in [2.05, 4.69) is 19.8 Å². The summed E-state index contributed by atoms with van der Waals surface area (Å²) in [6.07, 6.45) is -3.14. The number of aromatic amines is 1. The zero-order valence-electron chi connectivity index (χ0n) is 14.2. The minimum absolute atomic E-state index is 0.0152. The number of rotatable bonds is 5. The van der Waals surface area contributed by atoms with Gasteiger partial charge in [0, 0.05) is 0 Å². The summed E-state index contributed by atoms with van der Waals surface area (Å²) in [7, 11) is 0. The molecule has 2 N–H and O–H groups in total. The number of aromatic nitrogens is 4. The second-order valence-corrected chi connectivity index (χ2v) is 6.51. The molecular formula is C17H14F4N4O3. The molecular weight excluding hydrogens is 384 g/mol. The Morgan fingerprint density at radius 1 is 1.29 bits per heavy atom. The SMILES string of the molecule is O=c1[nH]c(O)nc2c1c(CF)nn2C(c1ccc(OC(F)(F)F)cc1)C1CC1. The van der Waals surface area contributed by atoms with Gasteiger partial charge in [0.2, 0.25) is 0 Å². The quantitative estimate of drug-likeness (QED) is 0.644. The van der Waals surface area contributed by atoms with E-state index in [4.69, 9.17) is 0 Å². The van der Waals surface area contributed by atoms with Gasteiger partial charge in [0.25, 0.3) is 11.6 Å². The molecule has 0 aliphatic heterocycles.